The van der Waals surface area contributed by atoms with E-state index in [1.165, 1.54) is 11.3 Å². The van der Waals surface area contributed by atoms with Gasteiger partial charge in [0.25, 0.3) is 0 Å². The Morgan fingerprint density at radius 3 is 2.88 bits per heavy atom. The number of anilines is 1. The lowest BCUT2D eigenvalue weighted by atomic mass is 10.1. The van der Waals surface area contributed by atoms with Gasteiger partial charge in [0.15, 0.2) is 0 Å². The quantitative estimate of drug-likeness (QED) is 0.913. The minimum atomic E-state index is 0.0221. The van der Waals surface area contributed by atoms with Crippen molar-refractivity contribution in [1.29, 1.82) is 0 Å². The van der Waals surface area contributed by atoms with Gasteiger partial charge in [-0.1, -0.05) is 6.07 Å². The van der Waals surface area contributed by atoms with Crippen LogP contribution in [0.2, 0.25) is 0 Å². The van der Waals surface area contributed by atoms with Crippen LogP contribution >= 0.6 is 0 Å². The lowest BCUT2D eigenvalue weighted by Crippen LogP contribution is -2.38. The Bertz CT molecular complexity index is 697. The van der Waals surface area contributed by atoms with Gasteiger partial charge in [-0.3, -0.25) is 9.58 Å². The first-order valence-corrected chi connectivity index (χ1v) is 8.64. The first-order valence-electron chi connectivity index (χ1n) is 8.64. The third kappa shape index (κ3) is 3.44. The van der Waals surface area contributed by atoms with E-state index in [1.54, 1.807) is 0 Å². The number of aryl methyl sites for hydroxylation is 2. The van der Waals surface area contributed by atoms with E-state index in [1.807, 2.05) is 25.2 Å². The molecular weight excluding hydrogens is 302 g/mol. The first-order chi connectivity index (χ1) is 11.6. The molecule has 2 aromatic heterocycles. The van der Waals surface area contributed by atoms with Gasteiger partial charge in [-0.2, -0.15) is 5.10 Å². The summed E-state index contributed by atoms with van der Waals surface area (Å²) in [6.45, 7) is 10.8. The second-order valence-electron chi connectivity index (χ2n) is 6.26. The number of ether oxygens (including phenoxy) is 1. The normalized spacial score (nSPS) is 18.8. The zero-order valence-electron chi connectivity index (χ0n) is 15.0. The number of rotatable bonds is 5. The highest BCUT2D eigenvalue weighted by Gasteiger charge is 2.25. The van der Waals surface area contributed by atoms with Crippen LogP contribution in [0.25, 0.3) is 0 Å². The highest BCUT2D eigenvalue weighted by atomic mass is 16.5. The Morgan fingerprint density at radius 1 is 1.33 bits per heavy atom. The zero-order chi connectivity index (χ0) is 17.1. The lowest BCUT2D eigenvalue weighted by Gasteiger charge is -2.32. The van der Waals surface area contributed by atoms with E-state index in [9.17, 15) is 0 Å². The minimum absolute atomic E-state index is 0.0221. The van der Waals surface area contributed by atoms with E-state index in [0.29, 0.717) is 0 Å². The number of aromatic nitrogens is 3. The van der Waals surface area contributed by atoms with Gasteiger partial charge in [0, 0.05) is 44.5 Å². The molecule has 0 aromatic carbocycles. The van der Waals surface area contributed by atoms with Gasteiger partial charge in [-0.25, -0.2) is 4.98 Å². The van der Waals surface area contributed by atoms with E-state index in [4.69, 9.17) is 4.74 Å². The van der Waals surface area contributed by atoms with Gasteiger partial charge in [0.05, 0.1) is 18.0 Å². The molecule has 1 aliphatic heterocycles. The third-order valence-electron chi connectivity index (χ3n) is 4.72. The zero-order valence-corrected chi connectivity index (χ0v) is 15.0. The van der Waals surface area contributed by atoms with E-state index >= 15 is 0 Å². The maximum Gasteiger partial charge on any atom is 0.126 e. The second kappa shape index (κ2) is 7.32. The van der Waals surface area contributed by atoms with E-state index in [-0.39, 0.29) is 6.10 Å². The molecule has 1 N–H and O–H groups in total. The van der Waals surface area contributed by atoms with E-state index in [0.717, 1.165) is 50.0 Å². The Hall–Kier alpha value is -1.92. The summed E-state index contributed by atoms with van der Waals surface area (Å²) >= 11 is 0. The molecule has 0 radical (unpaired) electrons. The Labute approximate surface area is 143 Å². The first kappa shape index (κ1) is 16.9. The fraction of sp³-hybridized carbons (Fsp3) is 0.556. The molecule has 1 aliphatic rings. The number of morpholine rings is 1. The molecular formula is C18H27N5O. The Morgan fingerprint density at radius 2 is 2.17 bits per heavy atom. The van der Waals surface area contributed by atoms with Crippen molar-refractivity contribution >= 4 is 5.82 Å². The van der Waals surface area contributed by atoms with Crippen molar-refractivity contribution in [3.05, 3.63) is 40.8 Å². The van der Waals surface area contributed by atoms with Crippen LogP contribution in [0, 0.1) is 13.8 Å². The molecule has 0 saturated carbocycles. The van der Waals surface area contributed by atoms with Crippen LogP contribution in [0.1, 0.15) is 35.7 Å². The predicted octanol–water partition coefficient (Wildman–Crippen LogP) is 2.53. The maximum atomic E-state index is 5.97. The number of nitrogens with one attached hydrogen (secondary N) is 1. The summed E-state index contributed by atoms with van der Waals surface area (Å²) in [4.78, 5) is 7.07. The van der Waals surface area contributed by atoms with E-state index < -0.39 is 0 Å². The highest BCUT2D eigenvalue weighted by molar-refractivity contribution is 5.35. The Balaban J connectivity index is 1.73. The minimum Gasteiger partial charge on any atom is -0.373 e. The predicted molar refractivity (Wildman–Crippen MR) is 95.1 cm³/mol. The lowest BCUT2D eigenvalue weighted by molar-refractivity contribution is -0.0350. The third-order valence-corrected chi connectivity index (χ3v) is 4.72. The molecule has 1 fully saturated rings. The molecule has 24 heavy (non-hydrogen) atoms. The second-order valence-corrected chi connectivity index (χ2v) is 6.26. The number of nitrogens with zero attached hydrogens (tertiary/aromatic N) is 4. The van der Waals surface area contributed by atoms with Gasteiger partial charge in [-0.05, 0) is 32.9 Å². The molecule has 1 atom stereocenters. The number of hydrogen-bond acceptors (Lipinski definition) is 5. The van der Waals surface area contributed by atoms with Crippen molar-refractivity contribution in [2.24, 2.45) is 0 Å². The number of pyridine rings is 1. The van der Waals surface area contributed by atoms with Gasteiger partial charge in [-0.15, -0.1) is 0 Å². The van der Waals surface area contributed by atoms with Crippen LogP contribution in [0.4, 0.5) is 5.82 Å². The monoisotopic (exact) mass is 329 g/mol. The molecule has 0 amide bonds. The molecule has 3 rings (SSSR count). The maximum absolute atomic E-state index is 5.97. The van der Waals surface area contributed by atoms with Crippen LogP contribution in [0.3, 0.4) is 0 Å². The number of hydrogen-bond donors (Lipinski definition) is 1. The molecule has 2 aromatic rings. The standard InChI is InChI=1S/C18H27N5O/c1-5-23-14(3)15(13(2)21-23)11-22-9-10-24-17(12-22)16-7-6-8-18(19-4)20-16/h6-8,17H,5,9-12H2,1-4H3,(H,19,20)/t17-/m0/s1. The highest BCUT2D eigenvalue weighted by Crippen LogP contribution is 2.24. The van der Waals surface area contributed by atoms with Crippen molar-refractivity contribution in [2.75, 3.05) is 32.1 Å². The van der Waals surface area contributed by atoms with Gasteiger partial charge in [0.1, 0.15) is 11.9 Å². The summed E-state index contributed by atoms with van der Waals surface area (Å²) in [7, 11) is 1.89. The van der Waals surface area contributed by atoms with Gasteiger partial charge >= 0.3 is 0 Å². The molecule has 130 valence electrons. The summed E-state index contributed by atoms with van der Waals surface area (Å²) in [6, 6.07) is 6.03. The van der Waals surface area contributed by atoms with Crippen LogP contribution < -0.4 is 5.32 Å². The van der Waals surface area contributed by atoms with Crippen molar-refractivity contribution in [3.63, 3.8) is 0 Å². The fourth-order valence-electron chi connectivity index (χ4n) is 3.29. The smallest absolute Gasteiger partial charge is 0.126 e. The summed E-state index contributed by atoms with van der Waals surface area (Å²) < 4.78 is 8.05. The SMILES string of the molecule is CCn1nc(C)c(CN2CCO[C@H](c3cccc(NC)n3)C2)c1C. The van der Waals surface area contributed by atoms with Crippen LogP contribution in [0.15, 0.2) is 18.2 Å². The summed E-state index contributed by atoms with van der Waals surface area (Å²) in [5, 5.41) is 7.72. The summed E-state index contributed by atoms with van der Waals surface area (Å²) in [6.07, 6.45) is 0.0221. The summed E-state index contributed by atoms with van der Waals surface area (Å²) in [5.74, 6) is 0.879. The topological polar surface area (TPSA) is 55.2 Å². The van der Waals surface area contributed by atoms with Crippen LogP contribution in [-0.2, 0) is 17.8 Å². The van der Waals surface area contributed by atoms with Crippen LogP contribution in [-0.4, -0.2) is 46.4 Å². The molecule has 1 saturated heterocycles. The molecule has 0 bridgehead atoms. The molecule has 6 heteroatoms. The van der Waals surface area contributed by atoms with Crippen molar-refractivity contribution in [1.82, 2.24) is 19.7 Å². The van der Waals surface area contributed by atoms with Gasteiger partial charge in [0.2, 0.25) is 0 Å². The largest absolute Gasteiger partial charge is 0.373 e. The van der Waals surface area contributed by atoms with Gasteiger partial charge < -0.3 is 10.1 Å². The van der Waals surface area contributed by atoms with Crippen molar-refractivity contribution < 1.29 is 4.74 Å². The summed E-state index contributed by atoms with van der Waals surface area (Å²) in [5.41, 5.74) is 4.74. The Kier molecular flexibility index (Phi) is 5.16. The molecule has 6 nitrogen and oxygen atoms in total. The van der Waals surface area contributed by atoms with E-state index in [2.05, 4.69) is 45.8 Å². The molecule has 0 aliphatic carbocycles. The van der Waals surface area contributed by atoms with Crippen molar-refractivity contribution in [2.45, 2.75) is 40.0 Å². The molecule has 3 heterocycles. The average molecular weight is 329 g/mol. The fourth-order valence-corrected chi connectivity index (χ4v) is 3.29. The van der Waals surface area contributed by atoms with Crippen LogP contribution in [0.5, 0.6) is 0 Å². The average Bonchev–Trinajstić information content (AvgIpc) is 2.89. The molecule has 0 spiro atoms. The molecule has 0 unspecified atom stereocenters. The van der Waals surface area contributed by atoms with Crippen molar-refractivity contribution in [3.8, 4) is 0 Å².